The van der Waals surface area contributed by atoms with E-state index < -0.39 is 18.2 Å². The molecule has 1 saturated heterocycles. The number of nitrogens with one attached hydrogen (secondary N) is 1. The molecule has 0 aromatic heterocycles. The first-order valence-electron chi connectivity index (χ1n) is 9.09. The third-order valence-corrected chi connectivity index (χ3v) is 5.13. The molecule has 1 aromatic carbocycles. The van der Waals surface area contributed by atoms with E-state index in [-0.39, 0.29) is 18.4 Å². The minimum atomic E-state index is -0.709. The zero-order chi connectivity index (χ0) is 17.6. The number of likely N-dealkylation sites (tertiary alicyclic amines) is 1. The van der Waals surface area contributed by atoms with Crippen molar-refractivity contribution < 1.29 is 19.4 Å². The number of hydrogen-bond acceptors (Lipinski definition) is 4. The number of benzene rings is 1. The Bertz CT molecular complexity index is 586. The highest BCUT2D eigenvalue weighted by atomic mass is 16.5. The molecule has 3 unspecified atom stereocenters. The molecule has 0 spiro atoms. The predicted molar refractivity (Wildman–Crippen MR) is 92.7 cm³/mol. The van der Waals surface area contributed by atoms with Gasteiger partial charge in [0.15, 0.2) is 0 Å². The predicted octanol–water partition coefficient (Wildman–Crippen LogP) is 2.06. The highest BCUT2D eigenvalue weighted by Crippen LogP contribution is 2.30. The van der Waals surface area contributed by atoms with Crippen molar-refractivity contribution in [1.29, 1.82) is 0 Å². The average molecular weight is 346 g/mol. The minimum absolute atomic E-state index is 0.0971. The first kappa shape index (κ1) is 17.7. The Kier molecular flexibility index (Phi) is 5.91. The SMILES string of the molecule is O=C(NC(C(=O)N1CCCC1)C1CCCC1O)OCc1ccccc1. The Hall–Kier alpha value is -2.08. The van der Waals surface area contributed by atoms with E-state index in [2.05, 4.69) is 5.32 Å². The topological polar surface area (TPSA) is 78.9 Å². The van der Waals surface area contributed by atoms with Gasteiger partial charge in [-0.15, -0.1) is 0 Å². The third-order valence-electron chi connectivity index (χ3n) is 5.13. The lowest BCUT2D eigenvalue weighted by Crippen LogP contribution is -2.53. The number of amides is 2. The lowest BCUT2D eigenvalue weighted by Gasteiger charge is -2.29. The molecule has 6 heteroatoms. The van der Waals surface area contributed by atoms with Gasteiger partial charge in [-0.3, -0.25) is 4.79 Å². The van der Waals surface area contributed by atoms with Gasteiger partial charge in [-0.05, 0) is 31.2 Å². The average Bonchev–Trinajstić information content (AvgIpc) is 3.30. The molecule has 0 bridgehead atoms. The monoisotopic (exact) mass is 346 g/mol. The van der Waals surface area contributed by atoms with E-state index in [4.69, 9.17) is 4.74 Å². The Morgan fingerprint density at radius 1 is 1.16 bits per heavy atom. The van der Waals surface area contributed by atoms with Crippen LogP contribution < -0.4 is 5.32 Å². The fraction of sp³-hybridized carbons (Fsp3) is 0.579. The summed E-state index contributed by atoms with van der Waals surface area (Å²) >= 11 is 0. The molecule has 1 aliphatic carbocycles. The summed E-state index contributed by atoms with van der Waals surface area (Å²) in [6.45, 7) is 1.60. The molecule has 6 nitrogen and oxygen atoms in total. The standard InChI is InChI=1S/C19H26N2O4/c22-16-10-6-9-15(16)17(18(23)21-11-4-5-12-21)20-19(24)25-13-14-7-2-1-3-8-14/h1-3,7-8,15-17,22H,4-6,9-13H2,(H,20,24). The number of ether oxygens (including phenoxy) is 1. The van der Waals surface area contributed by atoms with Crippen molar-refractivity contribution in [3.8, 4) is 0 Å². The van der Waals surface area contributed by atoms with E-state index in [0.29, 0.717) is 6.42 Å². The van der Waals surface area contributed by atoms with Crippen molar-refractivity contribution >= 4 is 12.0 Å². The maximum Gasteiger partial charge on any atom is 0.408 e. The molecule has 136 valence electrons. The zero-order valence-corrected chi connectivity index (χ0v) is 14.4. The van der Waals surface area contributed by atoms with Crippen LogP contribution in [0.1, 0.15) is 37.7 Å². The molecule has 3 atom stereocenters. The number of rotatable bonds is 5. The molecule has 2 N–H and O–H groups in total. The van der Waals surface area contributed by atoms with Crippen molar-refractivity contribution in [3.63, 3.8) is 0 Å². The summed E-state index contributed by atoms with van der Waals surface area (Å²) in [4.78, 5) is 26.8. The Morgan fingerprint density at radius 3 is 2.52 bits per heavy atom. The number of aliphatic hydroxyl groups is 1. The molecular formula is C19H26N2O4. The van der Waals surface area contributed by atoms with Crippen LogP contribution in [0.5, 0.6) is 0 Å². The lowest BCUT2D eigenvalue weighted by molar-refractivity contribution is -0.134. The molecule has 2 fully saturated rings. The Labute approximate surface area is 148 Å². The number of carbonyl (C=O) groups is 2. The number of nitrogens with zero attached hydrogens (tertiary/aromatic N) is 1. The van der Waals surface area contributed by atoms with Crippen LogP contribution in [0.3, 0.4) is 0 Å². The van der Waals surface area contributed by atoms with Crippen molar-refractivity contribution in [2.75, 3.05) is 13.1 Å². The van der Waals surface area contributed by atoms with Gasteiger partial charge in [0.05, 0.1) is 6.10 Å². The van der Waals surface area contributed by atoms with E-state index in [9.17, 15) is 14.7 Å². The van der Waals surface area contributed by atoms with Crippen molar-refractivity contribution in [3.05, 3.63) is 35.9 Å². The van der Waals surface area contributed by atoms with Crippen molar-refractivity contribution in [2.45, 2.75) is 50.9 Å². The Balaban J connectivity index is 1.62. The quantitative estimate of drug-likeness (QED) is 0.855. The number of hydrogen-bond donors (Lipinski definition) is 2. The van der Waals surface area contributed by atoms with E-state index in [1.54, 1.807) is 4.90 Å². The Morgan fingerprint density at radius 2 is 1.88 bits per heavy atom. The molecule has 1 aliphatic heterocycles. The molecule has 2 amide bonds. The molecular weight excluding hydrogens is 320 g/mol. The van der Waals surface area contributed by atoms with Gasteiger partial charge in [-0.25, -0.2) is 4.79 Å². The summed E-state index contributed by atoms with van der Waals surface area (Å²) < 4.78 is 5.26. The lowest BCUT2D eigenvalue weighted by atomic mass is 9.95. The number of carbonyl (C=O) groups excluding carboxylic acids is 2. The second-order valence-corrected chi connectivity index (χ2v) is 6.88. The fourth-order valence-electron chi connectivity index (χ4n) is 3.74. The van der Waals surface area contributed by atoms with E-state index >= 15 is 0 Å². The van der Waals surface area contributed by atoms with Gasteiger partial charge in [0.1, 0.15) is 12.6 Å². The van der Waals surface area contributed by atoms with Gasteiger partial charge in [0.2, 0.25) is 5.91 Å². The summed E-state index contributed by atoms with van der Waals surface area (Å²) in [5.41, 5.74) is 0.890. The summed E-state index contributed by atoms with van der Waals surface area (Å²) in [6.07, 6.45) is 3.11. The summed E-state index contributed by atoms with van der Waals surface area (Å²) in [7, 11) is 0. The maximum atomic E-state index is 12.8. The van der Waals surface area contributed by atoms with Crippen LogP contribution in [-0.2, 0) is 16.1 Å². The van der Waals surface area contributed by atoms with E-state index in [1.165, 1.54) is 0 Å². The van der Waals surface area contributed by atoms with Crippen molar-refractivity contribution in [1.82, 2.24) is 10.2 Å². The van der Waals surface area contributed by atoms with Crippen LogP contribution in [0.25, 0.3) is 0 Å². The molecule has 1 saturated carbocycles. The summed E-state index contributed by atoms with van der Waals surface area (Å²) in [6, 6.07) is 8.70. The van der Waals surface area contributed by atoms with Crippen LogP contribution in [0.2, 0.25) is 0 Å². The van der Waals surface area contributed by atoms with Crippen LogP contribution in [0, 0.1) is 5.92 Å². The van der Waals surface area contributed by atoms with E-state index in [0.717, 1.165) is 44.3 Å². The summed E-state index contributed by atoms with van der Waals surface area (Å²) in [5.74, 6) is -0.336. The first-order valence-corrected chi connectivity index (χ1v) is 9.09. The van der Waals surface area contributed by atoms with Gasteiger partial charge < -0.3 is 20.1 Å². The van der Waals surface area contributed by atoms with Gasteiger partial charge in [-0.2, -0.15) is 0 Å². The highest BCUT2D eigenvalue weighted by Gasteiger charge is 2.40. The largest absolute Gasteiger partial charge is 0.445 e. The molecule has 0 radical (unpaired) electrons. The van der Waals surface area contributed by atoms with E-state index in [1.807, 2.05) is 30.3 Å². The van der Waals surface area contributed by atoms with Crippen LogP contribution in [-0.4, -0.2) is 47.2 Å². The summed E-state index contributed by atoms with van der Waals surface area (Å²) in [5, 5.41) is 12.9. The van der Waals surface area contributed by atoms with Crippen LogP contribution in [0.4, 0.5) is 4.79 Å². The smallest absolute Gasteiger partial charge is 0.408 e. The number of alkyl carbamates (subject to hydrolysis) is 1. The molecule has 3 rings (SSSR count). The molecule has 25 heavy (non-hydrogen) atoms. The molecule has 1 heterocycles. The highest BCUT2D eigenvalue weighted by molar-refractivity contribution is 5.86. The van der Waals surface area contributed by atoms with Gasteiger partial charge in [0.25, 0.3) is 0 Å². The third kappa shape index (κ3) is 4.51. The van der Waals surface area contributed by atoms with Crippen LogP contribution in [0.15, 0.2) is 30.3 Å². The molecule has 2 aliphatic rings. The normalized spacial score (nSPS) is 24.1. The first-order chi connectivity index (χ1) is 12.1. The minimum Gasteiger partial charge on any atom is -0.445 e. The molecule has 1 aromatic rings. The van der Waals surface area contributed by atoms with Gasteiger partial charge in [-0.1, -0.05) is 36.8 Å². The fourth-order valence-corrected chi connectivity index (χ4v) is 3.74. The number of aliphatic hydroxyl groups excluding tert-OH is 1. The zero-order valence-electron chi connectivity index (χ0n) is 14.4. The maximum absolute atomic E-state index is 12.8. The van der Waals surface area contributed by atoms with Gasteiger partial charge >= 0.3 is 6.09 Å². The second kappa shape index (κ2) is 8.34. The second-order valence-electron chi connectivity index (χ2n) is 6.88. The van der Waals surface area contributed by atoms with Gasteiger partial charge in [0, 0.05) is 19.0 Å². The van der Waals surface area contributed by atoms with Crippen molar-refractivity contribution in [2.24, 2.45) is 5.92 Å². The van der Waals surface area contributed by atoms with Crippen LogP contribution >= 0.6 is 0 Å².